The standard InChI is InChI=1S/C21H18N4O3/c1-12-16-5-4-14(15-9-22-24(2)11-15)8-17(16)20(26)25(12)10-13-3-6-18-19(7-13)28-21(27)23-18/h3-9,11-12H,10H2,1-2H3,(H,23,27). The quantitative estimate of drug-likeness (QED) is 0.597. The average molecular weight is 374 g/mol. The van der Waals surface area contributed by atoms with Crippen LogP contribution in [0, 0.1) is 0 Å². The zero-order valence-electron chi connectivity index (χ0n) is 15.5. The number of fused-ring (bicyclic) bond motifs is 2. The van der Waals surface area contributed by atoms with Gasteiger partial charge >= 0.3 is 5.76 Å². The van der Waals surface area contributed by atoms with Gasteiger partial charge in [0.05, 0.1) is 17.8 Å². The van der Waals surface area contributed by atoms with Crippen LogP contribution >= 0.6 is 0 Å². The van der Waals surface area contributed by atoms with Gasteiger partial charge < -0.3 is 9.32 Å². The van der Waals surface area contributed by atoms with Crippen LogP contribution in [0.25, 0.3) is 22.2 Å². The Bertz CT molecular complexity index is 1280. The second-order valence-corrected chi connectivity index (χ2v) is 7.16. The van der Waals surface area contributed by atoms with Gasteiger partial charge in [-0.25, -0.2) is 4.79 Å². The Morgan fingerprint density at radius 3 is 2.79 bits per heavy atom. The largest absolute Gasteiger partial charge is 0.417 e. The summed E-state index contributed by atoms with van der Waals surface area (Å²) >= 11 is 0. The van der Waals surface area contributed by atoms with E-state index in [2.05, 4.69) is 10.1 Å². The highest BCUT2D eigenvalue weighted by molar-refractivity contribution is 6.00. The molecule has 0 aliphatic carbocycles. The lowest BCUT2D eigenvalue weighted by atomic mass is 10.00. The van der Waals surface area contributed by atoms with Crippen LogP contribution in [0.3, 0.4) is 0 Å². The number of aromatic nitrogens is 3. The maximum Gasteiger partial charge on any atom is 0.417 e. The normalized spacial score (nSPS) is 16.1. The fourth-order valence-corrected chi connectivity index (χ4v) is 3.85. The Labute approximate surface area is 160 Å². The molecule has 0 saturated heterocycles. The van der Waals surface area contributed by atoms with E-state index in [1.807, 2.05) is 49.3 Å². The van der Waals surface area contributed by atoms with Gasteiger partial charge in [-0.2, -0.15) is 5.10 Å². The fourth-order valence-electron chi connectivity index (χ4n) is 3.85. The second kappa shape index (κ2) is 5.95. The van der Waals surface area contributed by atoms with Crippen molar-refractivity contribution < 1.29 is 9.21 Å². The van der Waals surface area contributed by atoms with E-state index in [0.717, 1.165) is 27.8 Å². The van der Waals surface area contributed by atoms with E-state index in [1.54, 1.807) is 23.0 Å². The molecule has 28 heavy (non-hydrogen) atoms. The molecule has 1 unspecified atom stereocenters. The molecule has 0 radical (unpaired) electrons. The Hall–Kier alpha value is -3.61. The SMILES string of the molecule is CC1c2ccc(-c3cnn(C)c3)cc2C(=O)N1Cc1ccc2[nH]c(=O)oc2c1. The molecule has 0 spiro atoms. The van der Waals surface area contributed by atoms with E-state index in [0.29, 0.717) is 17.6 Å². The van der Waals surface area contributed by atoms with Gasteiger partial charge in [-0.05, 0) is 41.8 Å². The predicted molar refractivity (Wildman–Crippen MR) is 104 cm³/mol. The lowest BCUT2D eigenvalue weighted by molar-refractivity contribution is 0.0723. The minimum Gasteiger partial charge on any atom is -0.408 e. The summed E-state index contributed by atoms with van der Waals surface area (Å²) in [5.41, 5.74) is 5.77. The first-order valence-electron chi connectivity index (χ1n) is 9.05. The molecule has 0 fully saturated rings. The first kappa shape index (κ1) is 16.6. The summed E-state index contributed by atoms with van der Waals surface area (Å²) in [6.45, 7) is 2.48. The van der Waals surface area contributed by atoms with Crippen LogP contribution in [-0.2, 0) is 13.6 Å². The molecule has 2 aromatic heterocycles. The Kier molecular flexibility index (Phi) is 3.52. The zero-order chi connectivity index (χ0) is 19.4. The van der Waals surface area contributed by atoms with Crippen LogP contribution in [0.4, 0.5) is 0 Å². The van der Waals surface area contributed by atoms with E-state index in [1.165, 1.54) is 0 Å². The van der Waals surface area contributed by atoms with Crippen molar-refractivity contribution in [3.05, 3.63) is 76.0 Å². The number of oxazole rings is 1. The maximum absolute atomic E-state index is 13.1. The summed E-state index contributed by atoms with van der Waals surface area (Å²) in [7, 11) is 1.87. The molecular formula is C21H18N4O3. The number of carbonyl (C=O) groups is 1. The second-order valence-electron chi connectivity index (χ2n) is 7.16. The van der Waals surface area contributed by atoms with E-state index in [9.17, 15) is 9.59 Å². The Morgan fingerprint density at radius 2 is 2.00 bits per heavy atom. The van der Waals surface area contributed by atoms with Crippen LogP contribution in [0.15, 0.2) is 58.0 Å². The number of nitrogens with zero attached hydrogens (tertiary/aromatic N) is 3. The molecule has 0 saturated carbocycles. The molecule has 1 amide bonds. The topological polar surface area (TPSA) is 84.1 Å². The van der Waals surface area contributed by atoms with Crippen molar-refractivity contribution in [3.63, 3.8) is 0 Å². The molecule has 1 aliphatic heterocycles. The number of H-pyrrole nitrogens is 1. The number of nitrogens with one attached hydrogen (secondary N) is 1. The Morgan fingerprint density at radius 1 is 1.14 bits per heavy atom. The monoisotopic (exact) mass is 374 g/mol. The number of rotatable bonds is 3. The van der Waals surface area contributed by atoms with Gasteiger partial charge in [0.2, 0.25) is 0 Å². The van der Waals surface area contributed by atoms with Gasteiger partial charge in [-0.1, -0.05) is 18.2 Å². The van der Waals surface area contributed by atoms with Crippen LogP contribution in [-0.4, -0.2) is 25.6 Å². The summed E-state index contributed by atoms with van der Waals surface area (Å²) in [6.07, 6.45) is 3.73. The zero-order valence-corrected chi connectivity index (χ0v) is 15.5. The van der Waals surface area contributed by atoms with Gasteiger partial charge in [-0.3, -0.25) is 14.5 Å². The minimum absolute atomic E-state index is 0.00357. The van der Waals surface area contributed by atoms with Crippen molar-refractivity contribution in [2.75, 3.05) is 0 Å². The molecule has 1 atom stereocenters. The average Bonchev–Trinajstić information content (AvgIpc) is 3.34. The summed E-state index contributed by atoms with van der Waals surface area (Å²) in [4.78, 5) is 28.9. The van der Waals surface area contributed by atoms with Gasteiger partial charge in [0.25, 0.3) is 5.91 Å². The third-order valence-corrected chi connectivity index (χ3v) is 5.34. The molecule has 140 valence electrons. The summed E-state index contributed by atoms with van der Waals surface area (Å²) in [5, 5.41) is 4.21. The number of aryl methyl sites for hydroxylation is 1. The number of hydrogen-bond donors (Lipinski definition) is 1. The molecule has 1 aliphatic rings. The molecule has 3 heterocycles. The van der Waals surface area contributed by atoms with Gasteiger partial charge in [0.15, 0.2) is 5.58 Å². The minimum atomic E-state index is -0.479. The van der Waals surface area contributed by atoms with E-state index in [4.69, 9.17) is 4.42 Å². The van der Waals surface area contributed by atoms with Crippen LogP contribution in [0.2, 0.25) is 0 Å². The lowest BCUT2D eigenvalue weighted by Gasteiger charge is -2.22. The van der Waals surface area contributed by atoms with Crippen LogP contribution in [0.1, 0.15) is 34.5 Å². The summed E-state index contributed by atoms with van der Waals surface area (Å²) in [6, 6.07) is 11.5. The van der Waals surface area contributed by atoms with Crippen molar-refractivity contribution >= 4 is 17.0 Å². The molecule has 0 bridgehead atoms. The lowest BCUT2D eigenvalue weighted by Crippen LogP contribution is -2.26. The van der Waals surface area contributed by atoms with Crippen molar-refractivity contribution in [2.45, 2.75) is 19.5 Å². The van der Waals surface area contributed by atoms with E-state index in [-0.39, 0.29) is 11.9 Å². The molecular weight excluding hydrogens is 356 g/mol. The van der Waals surface area contributed by atoms with E-state index < -0.39 is 5.76 Å². The third-order valence-electron chi connectivity index (χ3n) is 5.34. The number of hydrogen-bond acceptors (Lipinski definition) is 4. The third kappa shape index (κ3) is 2.55. The highest BCUT2D eigenvalue weighted by Crippen LogP contribution is 2.36. The Balaban J connectivity index is 1.47. The van der Waals surface area contributed by atoms with Gasteiger partial charge in [0, 0.05) is 30.9 Å². The highest BCUT2D eigenvalue weighted by Gasteiger charge is 2.34. The van der Waals surface area contributed by atoms with Crippen molar-refractivity contribution in [1.29, 1.82) is 0 Å². The van der Waals surface area contributed by atoms with Gasteiger partial charge in [0.1, 0.15) is 0 Å². The first-order valence-corrected chi connectivity index (χ1v) is 9.05. The number of amides is 1. The number of carbonyl (C=O) groups excluding carboxylic acids is 1. The van der Waals surface area contributed by atoms with Crippen molar-refractivity contribution in [3.8, 4) is 11.1 Å². The molecule has 1 N–H and O–H groups in total. The maximum atomic E-state index is 13.1. The molecule has 2 aromatic carbocycles. The van der Waals surface area contributed by atoms with Crippen LogP contribution in [0.5, 0.6) is 0 Å². The first-order chi connectivity index (χ1) is 13.5. The highest BCUT2D eigenvalue weighted by atomic mass is 16.4. The number of aromatic amines is 1. The smallest absolute Gasteiger partial charge is 0.408 e. The fraction of sp³-hybridized carbons (Fsp3) is 0.190. The van der Waals surface area contributed by atoms with Crippen molar-refractivity contribution in [2.24, 2.45) is 7.05 Å². The van der Waals surface area contributed by atoms with E-state index >= 15 is 0 Å². The molecule has 7 nitrogen and oxygen atoms in total. The van der Waals surface area contributed by atoms with Crippen molar-refractivity contribution in [1.82, 2.24) is 19.7 Å². The summed E-state index contributed by atoms with van der Waals surface area (Å²) < 4.78 is 6.88. The molecule has 7 heteroatoms. The van der Waals surface area contributed by atoms with Gasteiger partial charge in [-0.15, -0.1) is 0 Å². The molecule has 5 rings (SSSR count). The van der Waals surface area contributed by atoms with Crippen LogP contribution < -0.4 is 5.76 Å². The number of benzene rings is 2. The summed E-state index contributed by atoms with van der Waals surface area (Å²) in [5.74, 6) is -0.475. The molecule has 4 aromatic rings. The predicted octanol–water partition coefficient (Wildman–Crippen LogP) is 3.24.